The SMILES string of the molecule is CCC(Nc1cccc2cn[nH]c12)c1cccc(Br)c1. The largest absolute Gasteiger partial charge is 0.377 e. The molecule has 3 aromatic rings. The van der Waals surface area contributed by atoms with Crippen molar-refractivity contribution in [1.82, 2.24) is 10.2 Å². The van der Waals surface area contributed by atoms with Gasteiger partial charge in [-0.25, -0.2) is 0 Å². The highest BCUT2D eigenvalue weighted by Crippen LogP contribution is 2.28. The van der Waals surface area contributed by atoms with Gasteiger partial charge in [-0.3, -0.25) is 5.10 Å². The van der Waals surface area contributed by atoms with Crippen LogP contribution < -0.4 is 5.32 Å². The van der Waals surface area contributed by atoms with Gasteiger partial charge >= 0.3 is 0 Å². The fourth-order valence-electron chi connectivity index (χ4n) is 2.42. The Morgan fingerprint density at radius 3 is 2.90 bits per heavy atom. The zero-order chi connectivity index (χ0) is 13.9. The number of H-pyrrole nitrogens is 1. The first-order valence-corrected chi connectivity index (χ1v) is 7.51. The molecular formula is C16H16BrN3. The third kappa shape index (κ3) is 2.56. The molecular weight excluding hydrogens is 314 g/mol. The second kappa shape index (κ2) is 5.67. The highest BCUT2D eigenvalue weighted by atomic mass is 79.9. The molecule has 0 bridgehead atoms. The summed E-state index contributed by atoms with van der Waals surface area (Å²) in [7, 11) is 0. The lowest BCUT2D eigenvalue weighted by Gasteiger charge is -2.19. The van der Waals surface area contributed by atoms with Crippen molar-refractivity contribution in [1.29, 1.82) is 0 Å². The molecule has 0 spiro atoms. The molecule has 0 radical (unpaired) electrons. The molecule has 3 rings (SSSR count). The minimum Gasteiger partial charge on any atom is -0.377 e. The minimum atomic E-state index is 0.279. The summed E-state index contributed by atoms with van der Waals surface area (Å²) in [6.07, 6.45) is 2.86. The number of fused-ring (bicyclic) bond motifs is 1. The minimum absolute atomic E-state index is 0.279. The first kappa shape index (κ1) is 13.2. The van der Waals surface area contributed by atoms with Crippen LogP contribution in [-0.4, -0.2) is 10.2 Å². The summed E-state index contributed by atoms with van der Waals surface area (Å²) in [6, 6.07) is 14.9. The average molecular weight is 330 g/mol. The van der Waals surface area contributed by atoms with Crippen molar-refractivity contribution in [3.8, 4) is 0 Å². The van der Waals surface area contributed by atoms with E-state index in [2.05, 4.69) is 68.7 Å². The van der Waals surface area contributed by atoms with Crippen LogP contribution in [0.2, 0.25) is 0 Å². The monoisotopic (exact) mass is 329 g/mol. The van der Waals surface area contributed by atoms with E-state index in [-0.39, 0.29) is 6.04 Å². The number of anilines is 1. The number of aromatic amines is 1. The van der Waals surface area contributed by atoms with Crippen LogP contribution in [0.5, 0.6) is 0 Å². The van der Waals surface area contributed by atoms with E-state index in [4.69, 9.17) is 0 Å². The molecule has 3 nitrogen and oxygen atoms in total. The summed E-state index contributed by atoms with van der Waals surface area (Å²) in [5, 5.41) is 11.9. The van der Waals surface area contributed by atoms with Crippen LogP contribution in [0, 0.1) is 0 Å². The van der Waals surface area contributed by atoms with Crippen molar-refractivity contribution in [2.45, 2.75) is 19.4 Å². The molecule has 1 heterocycles. The number of benzene rings is 2. The Bertz CT molecular complexity index is 720. The lowest BCUT2D eigenvalue weighted by atomic mass is 10.0. The Labute approximate surface area is 126 Å². The highest BCUT2D eigenvalue weighted by Gasteiger charge is 2.11. The van der Waals surface area contributed by atoms with Gasteiger partial charge in [0.25, 0.3) is 0 Å². The van der Waals surface area contributed by atoms with E-state index in [1.165, 1.54) is 5.56 Å². The third-order valence-corrected chi connectivity index (χ3v) is 3.96. The zero-order valence-electron chi connectivity index (χ0n) is 11.2. The van der Waals surface area contributed by atoms with E-state index in [1.54, 1.807) is 0 Å². The van der Waals surface area contributed by atoms with Crippen molar-refractivity contribution < 1.29 is 0 Å². The fraction of sp³-hybridized carbons (Fsp3) is 0.188. The van der Waals surface area contributed by atoms with Crippen molar-refractivity contribution in [3.05, 3.63) is 58.7 Å². The van der Waals surface area contributed by atoms with Gasteiger partial charge in [0.05, 0.1) is 23.4 Å². The first-order chi connectivity index (χ1) is 9.78. The Morgan fingerprint density at radius 1 is 1.25 bits per heavy atom. The Hall–Kier alpha value is -1.81. The number of hydrogen-bond donors (Lipinski definition) is 2. The average Bonchev–Trinajstić information content (AvgIpc) is 2.94. The van der Waals surface area contributed by atoms with Gasteiger partial charge in [0.15, 0.2) is 0 Å². The van der Waals surface area contributed by atoms with Gasteiger partial charge in [0, 0.05) is 9.86 Å². The quantitative estimate of drug-likeness (QED) is 0.715. The standard InChI is InChI=1S/C16H16BrN3/c1-2-14(11-5-3-7-13(17)9-11)19-15-8-4-6-12-10-18-20-16(12)15/h3-10,14,19H,2H2,1H3,(H,18,20). The molecule has 20 heavy (non-hydrogen) atoms. The van der Waals surface area contributed by atoms with Crippen LogP contribution in [0.15, 0.2) is 53.1 Å². The Morgan fingerprint density at radius 2 is 2.10 bits per heavy atom. The molecule has 1 unspecified atom stereocenters. The van der Waals surface area contributed by atoms with Gasteiger partial charge in [0.1, 0.15) is 0 Å². The number of hydrogen-bond acceptors (Lipinski definition) is 2. The lowest BCUT2D eigenvalue weighted by Crippen LogP contribution is -2.10. The van der Waals surface area contributed by atoms with Gasteiger partial charge in [-0.15, -0.1) is 0 Å². The first-order valence-electron chi connectivity index (χ1n) is 6.72. The van der Waals surface area contributed by atoms with Crippen molar-refractivity contribution in [2.24, 2.45) is 0 Å². The number of nitrogens with zero attached hydrogens (tertiary/aromatic N) is 1. The number of nitrogens with one attached hydrogen (secondary N) is 2. The Balaban J connectivity index is 1.93. The molecule has 0 aliphatic rings. The van der Waals surface area contributed by atoms with E-state index >= 15 is 0 Å². The summed E-state index contributed by atoms with van der Waals surface area (Å²) in [5.74, 6) is 0. The maximum atomic E-state index is 4.11. The van der Waals surface area contributed by atoms with Gasteiger partial charge in [-0.05, 0) is 30.2 Å². The molecule has 102 valence electrons. The van der Waals surface area contributed by atoms with Crippen LogP contribution in [0.4, 0.5) is 5.69 Å². The second-order valence-electron chi connectivity index (χ2n) is 4.80. The smallest absolute Gasteiger partial charge is 0.0881 e. The van der Waals surface area contributed by atoms with Crippen LogP contribution in [0.1, 0.15) is 24.9 Å². The van der Waals surface area contributed by atoms with Gasteiger partial charge in [-0.1, -0.05) is 47.1 Å². The lowest BCUT2D eigenvalue weighted by molar-refractivity contribution is 0.749. The molecule has 0 saturated carbocycles. The number of aromatic nitrogens is 2. The molecule has 0 fully saturated rings. The normalized spacial score (nSPS) is 12.5. The van der Waals surface area contributed by atoms with E-state index in [9.17, 15) is 0 Å². The maximum absolute atomic E-state index is 4.11. The van der Waals surface area contributed by atoms with Crippen LogP contribution in [-0.2, 0) is 0 Å². The summed E-state index contributed by atoms with van der Waals surface area (Å²) in [5.41, 5.74) is 3.42. The zero-order valence-corrected chi connectivity index (χ0v) is 12.8. The summed E-state index contributed by atoms with van der Waals surface area (Å²) in [4.78, 5) is 0. The predicted molar refractivity (Wildman–Crippen MR) is 86.9 cm³/mol. The maximum Gasteiger partial charge on any atom is 0.0881 e. The fourth-order valence-corrected chi connectivity index (χ4v) is 2.84. The molecule has 0 amide bonds. The van der Waals surface area contributed by atoms with E-state index in [0.29, 0.717) is 0 Å². The van der Waals surface area contributed by atoms with Crippen molar-refractivity contribution in [2.75, 3.05) is 5.32 Å². The van der Waals surface area contributed by atoms with Crippen molar-refractivity contribution >= 4 is 32.5 Å². The number of para-hydroxylation sites is 1. The molecule has 2 N–H and O–H groups in total. The molecule has 2 aromatic carbocycles. The highest BCUT2D eigenvalue weighted by molar-refractivity contribution is 9.10. The third-order valence-electron chi connectivity index (χ3n) is 3.47. The molecule has 0 aliphatic carbocycles. The van der Waals surface area contributed by atoms with Crippen LogP contribution in [0.3, 0.4) is 0 Å². The topological polar surface area (TPSA) is 40.7 Å². The van der Waals surface area contributed by atoms with Gasteiger partial charge < -0.3 is 5.32 Å². The predicted octanol–water partition coefficient (Wildman–Crippen LogP) is 4.89. The Kier molecular flexibility index (Phi) is 3.74. The summed E-state index contributed by atoms with van der Waals surface area (Å²) >= 11 is 3.53. The molecule has 0 aliphatic heterocycles. The van der Waals surface area contributed by atoms with E-state index in [0.717, 1.165) is 27.5 Å². The van der Waals surface area contributed by atoms with Gasteiger partial charge in [-0.2, -0.15) is 5.10 Å². The number of halogens is 1. The molecule has 4 heteroatoms. The summed E-state index contributed by atoms with van der Waals surface area (Å²) in [6.45, 7) is 2.19. The summed E-state index contributed by atoms with van der Waals surface area (Å²) < 4.78 is 1.11. The van der Waals surface area contributed by atoms with Gasteiger partial charge in [0.2, 0.25) is 0 Å². The van der Waals surface area contributed by atoms with E-state index < -0.39 is 0 Å². The molecule has 1 atom stereocenters. The molecule has 1 aromatic heterocycles. The van der Waals surface area contributed by atoms with Crippen molar-refractivity contribution in [3.63, 3.8) is 0 Å². The molecule has 0 saturated heterocycles. The second-order valence-corrected chi connectivity index (χ2v) is 5.72. The van der Waals surface area contributed by atoms with E-state index in [1.807, 2.05) is 18.3 Å². The van der Waals surface area contributed by atoms with Crippen LogP contribution >= 0.6 is 15.9 Å². The number of rotatable bonds is 4. The van der Waals surface area contributed by atoms with Crippen LogP contribution in [0.25, 0.3) is 10.9 Å².